The quantitative estimate of drug-likeness (QED) is 0.561. The molecule has 2 heteroatoms. The zero-order valence-corrected chi connectivity index (χ0v) is 10.0. The van der Waals surface area contributed by atoms with Crippen LogP contribution in [0.25, 0.3) is 0 Å². The van der Waals surface area contributed by atoms with Crippen LogP contribution in [0.1, 0.15) is 33.1 Å². The van der Waals surface area contributed by atoms with Gasteiger partial charge in [0, 0.05) is 20.8 Å². The first-order valence-corrected chi connectivity index (χ1v) is 5.28. The monoisotopic (exact) mass is 200 g/mol. The topological polar surface area (TPSA) is 18.5 Å². The van der Waals surface area contributed by atoms with Crippen LogP contribution >= 0.6 is 0 Å². The summed E-state index contributed by atoms with van der Waals surface area (Å²) in [5.74, 6) is 0.502. The van der Waals surface area contributed by atoms with Crippen LogP contribution in [0.15, 0.2) is 12.7 Å². The first-order chi connectivity index (χ1) is 6.63. The molecular formula is C12H24O2. The van der Waals surface area contributed by atoms with Crippen LogP contribution in [0.2, 0.25) is 0 Å². The maximum absolute atomic E-state index is 5.68. The van der Waals surface area contributed by atoms with Crippen molar-refractivity contribution >= 4 is 0 Å². The Bertz CT molecular complexity index is 154. The van der Waals surface area contributed by atoms with Gasteiger partial charge in [-0.25, -0.2) is 0 Å². The van der Waals surface area contributed by atoms with Crippen molar-refractivity contribution in [2.75, 3.05) is 20.8 Å². The first-order valence-electron chi connectivity index (χ1n) is 5.28. The summed E-state index contributed by atoms with van der Waals surface area (Å²) < 4.78 is 10.8. The van der Waals surface area contributed by atoms with E-state index >= 15 is 0 Å². The largest absolute Gasteiger partial charge is 0.385 e. The summed E-state index contributed by atoms with van der Waals surface area (Å²) in [7, 11) is 3.52. The maximum atomic E-state index is 5.68. The Labute approximate surface area is 88.3 Å². The lowest BCUT2D eigenvalue weighted by Crippen LogP contribution is -2.38. The molecule has 0 fully saturated rings. The van der Waals surface area contributed by atoms with Gasteiger partial charge < -0.3 is 9.47 Å². The Morgan fingerprint density at radius 3 is 2.29 bits per heavy atom. The molecule has 1 atom stereocenters. The highest BCUT2D eigenvalue weighted by Gasteiger charge is 2.32. The third kappa shape index (κ3) is 3.81. The van der Waals surface area contributed by atoms with E-state index in [9.17, 15) is 0 Å². The summed E-state index contributed by atoms with van der Waals surface area (Å²) in [6.45, 7) is 8.90. The Morgan fingerprint density at radius 2 is 1.93 bits per heavy atom. The van der Waals surface area contributed by atoms with E-state index in [0.717, 1.165) is 25.9 Å². The van der Waals surface area contributed by atoms with E-state index in [0.29, 0.717) is 5.92 Å². The molecule has 0 amide bonds. The third-order valence-corrected chi connectivity index (χ3v) is 2.96. The lowest BCUT2D eigenvalue weighted by molar-refractivity contribution is -0.0718. The summed E-state index contributed by atoms with van der Waals surface area (Å²) in [4.78, 5) is 0. The average molecular weight is 200 g/mol. The minimum absolute atomic E-state index is 0.0514. The number of allylic oxidation sites excluding steroid dienone is 1. The molecule has 0 rings (SSSR count). The smallest absolute Gasteiger partial charge is 0.0726 e. The molecule has 0 N–H and O–H groups in total. The Kier molecular flexibility index (Phi) is 6.85. The Hall–Kier alpha value is -0.340. The molecule has 0 aromatic heterocycles. The van der Waals surface area contributed by atoms with E-state index in [1.807, 2.05) is 6.08 Å². The molecule has 0 saturated carbocycles. The molecule has 0 aliphatic heterocycles. The molecule has 0 aliphatic rings. The molecule has 0 aliphatic carbocycles. The van der Waals surface area contributed by atoms with Crippen LogP contribution in [0, 0.1) is 5.92 Å². The molecule has 0 heterocycles. The van der Waals surface area contributed by atoms with Crippen molar-refractivity contribution in [1.29, 1.82) is 0 Å². The fourth-order valence-corrected chi connectivity index (χ4v) is 1.76. The predicted octanol–water partition coefficient (Wildman–Crippen LogP) is 3.03. The van der Waals surface area contributed by atoms with Crippen molar-refractivity contribution < 1.29 is 9.47 Å². The van der Waals surface area contributed by atoms with Crippen LogP contribution in [-0.2, 0) is 9.47 Å². The number of methoxy groups -OCH3 is 2. The van der Waals surface area contributed by atoms with Gasteiger partial charge in [0.25, 0.3) is 0 Å². The van der Waals surface area contributed by atoms with Gasteiger partial charge in [-0.2, -0.15) is 0 Å². The van der Waals surface area contributed by atoms with Crippen LogP contribution < -0.4 is 0 Å². The SMILES string of the molecule is C=CCC[C@@](CCOC)(OC)C(C)C. The summed E-state index contributed by atoms with van der Waals surface area (Å²) >= 11 is 0. The standard InChI is InChI=1S/C12H24O2/c1-6-7-8-12(14-5,11(2)3)9-10-13-4/h6,11H,1,7-10H2,2-5H3/t12-/m0/s1. The van der Waals surface area contributed by atoms with Gasteiger partial charge in [-0.3, -0.25) is 0 Å². The van der Waals surface area contributed by atoms with E-state index in [-0.39, 0.29) is 5.60 Å². The zero-order valence-electron chi connectivity index (χ0n) is 10.0. The highest BCUT2D eigenvalue weighted by molar-refractivity contribution is 4.86. The molecule has 0 aromatic carbocycles. The number of hydrogen-bond acceptors (Lipinski definition) is 2. The lowest BCUT2D eigenvalue weighted by Gasteiger charge is -2.36. The van der Waals surface area contributed by atoms with Gasteiger partial charge in [0.2, 0.25) is 0 Å². The average Bonchev–Trinajstić information content (AvgIpc) is 2.18. The Morgan fingerprint density at radius 1 is 1.29 bits per heavy atom. The van der Waals surface area contributed by atoms with Crippen LogP contribution in [0.5, 0.6) is 0 Å². The molecule has 0 saturated heterocycles. The fourth-order valence-electron chi connectivity index (χ4n) is 1.76. The van der Waals surface area contributed by atoms with Crippen LogP contribution in [-0.4, -0.2) is 26.4 Å². The van der Waals surface area contributed by atoms with Gasteiger partial charge in [0.05, 0.1) is 5.60 Å². The molecule has 2 nitrogen and oxygen atoms in total. The van der Waals surface area contributed by atoms with Gasteiger partial charge in [-0.15, -0.1) is 6.58 Å². The lowest BCUT2D eigenvalue weighted by atomic mass is 9.83. The van der Waals surface area contributed by atoms with E-state index in [4.69, 9.17) is 9.47 Å². The van der Waals surface area contributed by atoms with E-state index < -0.39 is 0 Å². The van der Waals surface area contributed by atoms with E-state index in [1.165, 1.54) is 0 Å². The molecule has 0 unspecified atom stereocenters. The van der Waals surface area contributed by atoms with Crippen LogP contribution in [0.3, 0.4) is 0 Å². The second-order valence-electron chi connectivity index (χ2n) is 3.99. The maximum Gasteiger partial charge on any atom is 0.0726 e. The van der Waals surface area contributed by atoms with E-state index in [2.05, 4.69) is 20.4 Å². The van der Waals surface area contributed by atoms with Crippen molar-refractivity contribution in [1.82, 2.24) is 0 Å². The minimum Gasteiger partial charge on any atom is -0.385 e. The summed E-state index contributed by atoms with van der Waals surface area (Å²) in [5.41, 5.74) is -0.0514. The Balaban J connectivity index is 4.34. The normalized spacial score (nSPS) is 15.5. The highest BCUT2D eigenvalue weighted by atomic mass is 16.5. The highest BCUT2D eigenvalue weighted by Crippen LogP contribution is 2.30. The van der Waals surface area contributed by atoms with Gasteiger partial charge in [0.1, 0.15) is 0 Å². The minimum atomic E-state index is -0.0514. The van der Waals surface area contributed by atoms with Crippen molar-refractivity contribution in [2.24, 2.45) is 5.92 Å². The summed E-state index contributed by atoms with van der Waals surface area (Å²) in [5, 5.41) is 0. The van der Waals surface area contributed by atoms with Gasteiger partial charge in [0.15, 0.2) is 0 Å². The molecule has 84 valence electrons. The van der Waals surface area contributed by atoms with Crippen molar-refractivity contribution in [2.45, 2.75) is 38.7 Å². The number of ether oxygens (including phenoxy) is 2. The number of rotatable bonds is 8. The van der Waals surface area contributed by atoms with Crippen molar-refractivity contribution in [3.63, 3.8) is 0 Å². The first kappa shape index (κ1) is 13.7. The fraction of sp³-hybridized carbons (Fsp3) is 0.833. The molecule has 0 bridgehead atoms. The second-order valence-corrected chi connectivity index (χ2v) is 3.99. The van der Waals surface area contributed by atoms with Gasteiger partial charge in [-0.1, -0.05) is 19.9 Å². The third-order valence-electron chi connectivity index (χ3n) is 2.96. The predicted molar refractivity (Wildman–Crippen MR) is 60.5 cm³/mol. The van der Waals surface area contributed by atoms with Gasteiger partial charge in [-0.05, 0) is 25.2 Å². The molecular weight excluding hydrogens is 176 g/mol. The molecule has 0 spiro atoms. The zero-order chi connectivity index (χ0) is 11.0. The molecule has 0 aromatic rings. The van der Waals surface area contributed by atoms with Crippen molar-refractivity contribution in [3.05, 3.63) is 12.7 Å². The second kappa shape index (κ2) is 7.02. The summed E-state index contributed by atoms with van der Waals surface area (Å²) in [6, 6.07) is 0. The summed E-state index contributed by atoms with van der Waals surface area (Å²) in [6.07, 6.45) is 4.91. The van der Waals surface area contributed by atoms with Crippen molar-refractivity contribution in [3.8, 4) is 0 Å². The molecule has 0 radical (unpaired) electrons. The number of hydrogen-bond donors (Lipinski definition) is 0. The van der Waals surface area contributed by atoms with E-state index in [1.54, 1.807) is 14.2 Å². The van der Waals surface area contributed by atoms with Gasteiger partial charge >= 0.3 is 0 Å². The molecule has 14 heavy (non-hydrogen) atoms. The van der Waals surface area contributed by atoms with Crippen LogP contribution in [0.4, 0.5) is 0 Å².